The summed E-state index contributed by atoms with van der Waals surface area (Å²) in [5, 5.41) is 0. The summed E-state index contributed by atoms with van der Waals surface area (Å²) >= 11 is 0. The lowest BCUT2D eigenvalue weighted by molar-refractivity contribution is 0.0473. The number of carbonyl (C=O) groups excluding carboxylic acids is 2. The molecule has 1 aromatic carbocycles. The largest absolute Gasteiger partial charge is 0.454 e. The summed E-state index contributed by atoms with van der Waals surface area (Å²) in [4.78, 5) is 49.3. The second-order valence-corrected chi connectivity index (χ2v) is 5.40. The van der Waals surface area contributed by atoms with Gasteiger partial charge in [0.25, 0.3) is 5.56 Å². The number of hydrogen-bond acceptors (Lipinski definition) is 6. The van der Waals surface area contributed by atoms with Crippen molar-refractivity contribution in [3.8, 4) is 0 Å². The summed E-state index contributed by atoms with van der Waals surface area (Å²) in [5.74, 6) is -1.75. The average molecular weight is 331 g/mol. The number of anilines is 1. The Balaban J connectivity index is 2.20. The van der Waals surface area contributed by atoms with Crippen molar-refractivity contribution in [2.24, 2.45) is 7.05 Å². The first kappa shape index (κ1) is 17.2. The number of rotatable bonds is 4. The second-order valence-electron chi connectivity index (χ2n) is 5.40. The molecule has 0 unspecified atom stereocenters. The molecule has 0 saturated carbocycles. The highest BCUT2D eigenvalue weighted by Crippen LogP contribution is 2.12. The lowest BCUT2D eigenvalue weighted by Gasteiger charge is -2.09. The summed E-state index contributed by atoms with van der Waals surface area (Å²) in [7, 11) is 1.31. The van der Waals surface area contributed by atoms with E-state index in [0.717, 1.165) is 10.1 Å². The Morgan fingerprint density at radius 2 is 1.92 bits per heavy atom. The van der Waals surface area contributed by atoms with E-state index >= 15 is 0 Å². The number of benzene rings is 1. The van der Waals surface area contributed by atoms with E-state index in [-0.39, 0.29) is 5.82 Å². The van der Waals surface area contributed by atoms with Gasteiger partial charge in [-0.3, -0.25) is 19.1 Å². The number of hydrogen-bond donors (Lipinski definition) is 2. The van der Waals surface area contributed by atoms with Crippen LogP contribution >= 0.6 is 0 Å². The molecule has 24 heavy (non-hydrogen) atoms. The van der Waals surface area contributed by atoms with Gasteiger partial charge in [-0.05, 0) is 25.5 Å². The first-order valence-electron chi connectivity index (χ1n) is 7.08. The van der Waals surface area contributed by atoms with Crippen LogP contribution in [0.3, 0.4) is 0 Å². The molecule has 2 rings (SSSR count). The Labute approximate surface area is 136 Å². The summed E-state index contributed by atoms with van der Waals surface area (Å²) in [5.41, 5.74) is 5.60. The number of carbonyl (C=O) groups is 2. The van der Waals surface area contributed by atoms with E-state index in [0.29, 0.717) is 11.1 Å². The lowest BCUT2D eigenvalue weighted by Crippen LogP contribution is -2.35. The standard InChI is InChI=1S/C16H17N3O5/c1-8-4-5-10(9(2)6-8)15(22)24-7-11(20)12-13(17)19(3)16(23)18-14(12)21/h4-6H,7,17H2,1-3H3,(H,18,21,23). The van der Waals surface area contributed by atoms with E-state index in [9.17, 15) is 19.2 Å². The number of Topliss-reactive ketones (excluding diaryl/α,β-unsaturated/α-hetero) is 1. The van der Waals surface area contributed by atoms with E-state index in [1.807, 2.05) is 18.0 Å². The summed E-state index contributed by atoms with van der Waals surface area (Å²) in [6, 6.07) is 5.17. The highest BCUT2D eigenvalue weighted by atomic mass is 16.5. The number of H-pyrrole nitrogens is 1. The number of esters is 1. The van der Waals surface area contributed by atoms with E-state index in [2.05, 4.69) is 0 Å². The van der Waals surface area contributed by atoms with Gasteiger partial charge in [0.1, 0.15) is 11.4 Å². The zero-order valence-corrected chi connectivity index (χ0v) is 13.5. The molecule has 0 saturated heterocycles. The second kappa shape index (κ2) is 6.53. The van der Waals surface area contributed by atoms with Crippen LogP contribution < -0.4 is 17.0 Å². The van der Waals surface area contributed by atoms with Crippen molar-refractivity contribution in [1.29, 1.82) is 0 Å². The van der Waals surface area contributed by atoms with Crippen molar-refractivity contribution in [2.45, 2.75) is 13.8 Å². The Kier molecular flexibility index (Phi) is 4.68. The minimum atomic E-state index is -0.914. The smallest absolute Gasteiger partial charge is 0.338 e. The van der Waals surface area contributed by atoms with Crippen LogP contribution in [0.25, 0.3) is 0 Å². The van der Waals surface area contributed by atoms with Crippen LogP contribution in [0.4, 0.5) is 5.82 Å². The van der Waals surface area contributed by atoms with Crippen molar-refractivity contribution in [3.05, 3.63) is 61.3 Å². The molecule has 1 heterocycles. The molecule has 0 bridgehead atoms. The van der Waals surface area contributed by atoms with Crippen molar-refractivity contribution >= 4 is 17.6 Å². The van der Waals surface area contributed by atoms with Gasteiger partial charge in [-0.1, -0.05) is 17.7 Å². The maximum absolute atomic E-state index is 12.1. The van der Waals surface area contributed by atoms with Gasteiger partial charge in [-0.2, -0.15) is 0 Å². The number of aromatic amines is 1. The van der Waals surface area contributed by atoms with Crippen LogP contribution in [0.15, 0.2) is 27.8 Å². The molecule has 8 nitrogen and oxygen atoms in total. The van der Waals surface area contributed by atoms with Crippen LogP contribution in [-0.2, 0) is 11.8 Å². The molecule has 1 aromatic heterocycles. The van der Waals surface area contributed by atoms with Gasteiger partial charge in [0.2, 0.25) is 5.78 Å². The predicted octanol–water partition coefficient (Wildman–Crippen LogP) is 0.312. The molecule has 3 N–H and O–H groups in total. The average Bonchev–Trinajstić information content (AvgIpc) is 2.50. The quantitative estimate of drug-likeness (QED) is 0.614. The number of ether oxygens (including phenoxy) is 1. The predicted molar refractivity (Wildman–Crippen MR) is 87.2 cm³/mol. The van der Waals surface area contributed by atoms with Crippen LogP contribution in [0.2, 0.25) is 0 Å². The number of aryl methyl sites for hydroxylation is 2. The van der Waals surface area contributed by atoms with Gasteiger partial charge in [0.15, 0.2) is 6.61 Å². The van der Waals surface area contributed by atoms with Gasteiger partial charge in [-0.25, -0.2) is 9.59 Å². The highest BCUT2D eigenvalue weighted by molar-refractivity contribution is 6.02. The maximum atomic E-state index is 12.1. The van der Waals surface area contributed by atoms with Crippen molar-refractivity contribution in [3.63, 3.8) is 0 Å². The number of ketones is 1. The van der Waals surface area contributed by atoms with Gasteiger partial charge < -0.3 is 10.5 Å². The summed E-state index contributed by atoms with van der Waals surface area (Å²) in [6.45, 7) is 2.99. The van der Waals surface area contributed by atoms with Gasteiger partial charge in [-0.15, -0.1) is 0 Å². The van der Waals surface area contributed by atoms with Crippen molar-refractivity contribution in [1.82, 2.24) is 9.55 Å². The topological polar surface area (TPSA) is 124 Å². The molecule has 0 aliphatic carbocycles. The summed E-state index contributed by atoms with van der Waals surface area (Å²) < 4.78 is 5.89. The number of nitrogens with two attached hydrogens (primary N) is 1. The molecule has 2 aromatic rings. The molecule has 0 fully saturated rings. The normalized spacial score (nSPS) is 10.5. The Morgan fingerprint density at radius 1 is 1.25 bits per heavy atom. The molecular weight excluding hydrogens is 314 g/mol. The zero-order chi connectivity index (χ0) is 18.0. The van der Waals surface area contributed by atoms with Gasteiger partial charge in [0, 0.05) is 7.05 Å². The van der Waals surface area contributed by atoms with Gasteiger partial charge >= 0.3 is 11.7 Å². The zero-order valence-electron chi connectivity index (χ0n) is 13.5. The SMILES string of the molecule is Cc1ccc(C(=O)OCC(=O)c2c(N)n(C)c(=O)[nH]c2=O)c(C)c1. The fourth-order valence-corrected chi connectivity index (χ4v) is 2.23. The minimum Gasteiger partial charge on any atom is -0.454 e. The van der Waals surface area contributed by atoms with Crippen molar-refractivity contribution in [2.75, 3.05) is 12.3 Å². The number of nitrogens with one attached hydrogen (secondary N) is 1. The molecule has 0 amide bonds. The lowest BCUT2D eigenvalue weighted by atomic mass is 10.1. The number of nitrogen functional groups attached to an aromatic ring is 1. The molecular formula is C16H17N3O5. The van der Waals surface area contributed by atoms with E-state index in [4.69, 9.17) is 10.5 Å². The van der Waals surface area contributed by atoms with Crippen LogP contribution in [0.1, 0.15) is 31.8 Å². The molecule has 126 valence electrons. The van der Waals surface area contributed by atoms with Crippen LogP contribution in [-0.4, -0.2) is 27.9 Å². The monoisotopic (exact) mass is 331 g/mol. The van der Waals surface area contributed by atoms with Gasteiger partial charge in [0.05, 0.1) is 5.56 Å². The van der Waals surface area contributed by atoms with E-state index < -0.39 is 35.2 Å². The fourth-order valence-electron chi connectivity index (χ4n) is 2.23. The van der Waals surface area contributed by atoms with Crippen LogP contribution in [0.5, 0.6) is 0 Å². The molecule has 8 heteroatoms. The Hall–Kier alpha value is -3.16. The van der Waals surface area contributed by atoms with E-state index in [1.165, 1.54) is 7.05 Å². The third-order valence-corrected chi connectivity index (χ3v) is 3.58. The Morgan fingerprint density at radius 3 is 2.54 bits per heavy atom. The van der Waals surface area contributed by atoms with Crippen LogP contribution in [0, 0.1) is 13.8 Å². The first-order chi connectivity index (χ1) is 11.2. The molecule has 0 aliphatic rings. The minimum absolute atomic E-state index is 0.281. The van der Waals surface area contributed by atoms with Crippen molar-refractivity contribution < 1.29 is 14.3 Å². The molecule has 0 atom stereocenters. The Bertz CT molecular complexity index is 940. The maximum Gasteiger partial charge on any atom is 0.338 e. The third-order valence-electron chi connectivity index (χ3n) is 3.58. The number of nitrogens with zero attached hydrogens (tertiary/aromatic N) is 1. The third kappa shape index (κ3) is 3.27. The fraction of sp³-hybridized carbons (Fsp3) is 0.250. The summed E-state index contributed by atoms with van der Waals surface area (Å²) in [6.07, 6.45) is 0. The first-order valence-corrected chi connectivity index (χ1v) is 7.08. The molecule has 0 spiro atoms. The molecule has 0 aliphatic heterocycles. The highest BCUT2D eigenvalue weighted by Gasteiger charge is 2.20. The number of aromatic nitrogens is 2. The molecule has 0 radical (unpaired) electrons. The van der Waals surface area contributed by atoms with E-state index in [1.54, 1.807) is 19.1 Å².